The Bertz CT molecular complexity index is 1130. The van der Waals surface area contributed by atoms with Gasteiger partial charge in [-0.3, -0.25) is 0 Å². The molecule has 3 aromatic rings. The van der Waals surface area contributed by atoms with Crippen LogP contribution in [0.3, 0.4) is 0 Å². The third kappa shape index (κ3) is 6.94. The first-order valence-electron chi connectivity index (χ1n) is 15.2. The number of aliphatic hydroxyl groups is 1. The molecular formula is C35H45N3O2. The van der Waals surface area contributed by atoms with Gasteiger partial charge in [0.15, 0.2) is 0 Å². The van der Waals surface area contributed by atoms with Gasteiger partial charge in [-0.05, 0) is 100 Å². The molecule has 2 fully saturated rings. The van der Waals surface area contributed by atoms with Crippen LogP contribution in [0, 0.1) is 5.92 Å². The van der Waals surface area contributed by atoms with E-state index in [0.717, 1.165) is 29.9 Å². The Morgan fingerprint density at radius 1 is 0.825 bits per heavy atom. The van der Waals surface area contributed by atoms with Gasteiger partial charge in [-0.2, -0.15) is 0 Å². The molecule has 3 aromatic carbocycles. The molecule has 0 bridgehead atoms. The second kappa shape index (κ2) is 13.5. The summed E-state index contributed by atoms with van der Waals surface area (Å²) in [4.78, 5) is 15.7. The molecule has 0 unspecified atom stereocenters. The fraction of sp³-hybridized carbons (Fsp3) is 0.457. The average Bonchev–Trinajstić information content (AvgIpc) is 3.02. The van der Waals surface area contributed by atoms with Crippen molar-refractivity contribution in [2.24, 2.45) is 5.92 Å². The Balaban J connectivity index is 1.06. The van der Waals surface area contributed by atoms with Crippen LogP contribution in [-0.4, -0.2) is 47.8 Å². The number of likely N-dealkylation sites (tertiary alicyclic amines) is 1. The topological polar surface area (TPSA) is 64.6 Å². The Labute approximate surface area is 240 Å². The van der Waals surface area contributed by atoms with Crippen molar-refractivity contribution in [1.29, 1.82) is 0 Å². The van der Waals surface area contributed by atoms with Crippen molar-refractivity contribution in [2.75, 3.05) is 19.6 Å². The zero-order chi connectivity index (χ0) is 27.8. The molecule has 1 atom stereocenters. The summed E-state index contributed by atoms with van der Waals surface area (Å²) in [7, 11) is 0. The predicted octanol–water partition coefficient (Wildman–Crippen LogP) is 6.44. The van der Waals surface area contributed by atoms with Crippen molar-refractivity contribution in [3.8, 4) is 0 Å². The summed E-state index contributed by atoms with van der Waals surface area (Å²) < 4.78 is 0. The summed E-state index contributed by atoms with van der Waals surface area (Å²) in [6.07, 6.45) is 8.15. The van der Waals surface area contributed by atoms with E-state index in [-0.39, 0.29) is 12.1 Å². The van der Waals surface area contributed by atoms with Crippen LogP contribution in [0.1, 0.15) is 74.5 Å². The van der Waals surface area contributed by atoms with Crippen molar-refractivity contribution in [1.82, 2.24) is 15.5 Å². The van der Waals surface area contributed by atoms with E-state index < -0.39 is 11.6 Å². The van der Waals surface area contributed by atoms with Crippen molar-refractivity contribution < 1.29 is 9.90 Å². The minimum absolute atomic E-state index is 0.187. The van der Waals surface area contributed by atoms with E-state index >= 15 is 0 Å². The number of carbonyl (C=O) groups is 1. The van der Waals surface area contributed by atoms with Crippen LogP contribution in [0.5, 0.6) is 0 Å². The van der Waals surface area contributed by atoms with Gasteiger partial charge in [0.25, 0.3) is 0 Å². The number of piperidine rings is 1. The molecule has 2 aliphatic rings. The maximum atomic E-state index is 13.0. The number of hydrogen-bond donors (Lipinski definition) is 3. The molecule has 5 heteroatoms. The van der Waals surface area contributed by atoms with E-state index in [0.29, 0.717) is 5.92 Å². The zero-order valence-electron chi connectivity index (χ0n) is 23.8. The predicted molar refractivity (Wildman–Crippen MR) is 162 cm³/mol. The summed E-state index contributed by atoms with van der Waals surface area (Å²) in [5.41, 5.74) is 1.70. The van der Waals surface area contributed by atoms with E-state index in [1.54, 1.807) is 0 Å². The van der Waals surface area contributed by atoms with Crippen LogP contribution in [0.2, 0.25) is 0 Å². The maximum absolute atomic E-state index is 13.0. The largest absolute Gasteiger partial charge is 0.378 e. The third-order valence-electron chi connectivity index (χ3n) is 9.30. The van der Waals surface area contributed by atoms with E-state index in [9.17, 15) is 9.90 Å². The SMILES string of the molecule is C[C@H](NC(=O)N[C@H]1CC[C@H](CCN2CCC(c3ccccc3)CC2)CC1)C(O)(c1ccccc1)c1ccccc1. The number of nitrogens with one attached hydrogen (secondary N) is 2. The smallest absolute Gasteiger partial charge is 0.315 e. The Kier molecular flexibility index (Phi) is 9.56. The van der Waals surface area contributed by atoms with Gasteiger partial charge in [-0.1, -0.05) is 91.0 Å². The molecular weight excluding hydrogens is 494 g/mol. The molecule has 0 aromatic heterocycles. The molecule has 1 heterocycles. The number of rotatable bonds is 9. The minimum Gasteiger partial charge on any atom is -0.378 e. The lowest BCUT2D eigenvalue weighted by Gasteiger charge is -2.37. The number of amides is 2. The summed E-state index contributed by atoms with van der Waals surface area (Å²) in [5.74, 6) is 1.46. The number of nitrogens with zero attached hydrogens (tertiary/aromatic N) is 1. The first kappa shape index (κ1) is 28.4. The van der Waals surface area contributed by atoms with E-state index in [1.165, 1.54) is 57.3 Å². The molecule has 212 valence electrons. The van der Waals surface area contributed by atoms with Gasteiger partial charge >= 0.3 is 6.03 Å². The Hall–Kier alpha value is -3.15. The fourth-order valence-corrected chi connectivity index (χ4v) is 6.76. The lowest BCUT2D eigenvalue weighted by Crippen LogP contribution is -2.54. The van der Waals surface area contributed by atoms with Crippen LogP contribution < -0.4 is 10.6 Å². The van der Waals surface area contributed by atoms with Crippen molar-refractivity contribution in [3.63, 3.8) is 0 Å². The van der Waals surface area contributed by atoms with Crippen LogP contribution in [0.25, 0.3) is 0 Å². The number of urea groups is 1. The second-order valence-electron chi connectivity index (χ2n) is 11.9. The summed E-state index contributed by atoms with van der Waals surface area (Å²) in [6, 6.07) is 29.6. The Morgan fingerprint density at radius 3 is 1.90 bits per heavy atom. The molecule has 3 N–H and O–H groups in total. The minimum atomic E-state index is -1.33. The lowest BCUT2D eigenvalue weighted by atomic mass is 9.81. The van der Waals surface area contributed by atoms with Crippen LogP contribution in [0.15, 0.2) is 91.0 Å². The molecule has 0 radical (unpaired) electrons. The number of benzene rings is 3. The molecule has 1 saturated heterocycles. The van der Waals surface area contributed by atoms with Gasteiger partial charge in [0, 0.05) is 6.04 Å². The van der Waals surface area contributed by atoms with Gasteiger partial charge < -0.3 is 20.6 Å². The number of carbonyl (C=O) groups excluding carboxylic acids is 1. The standard InChI is InChI=1S/C35H45N3O2/c1-27(35(40,31-13-7-3-8-14-31)32-15-9-4-10-16-32)36-34(39)37-33-19-17-28(18-20-33)21-24-38-25-22-30(23-26-38)29-11-5-2-6-12-29/h2-16,27-28,30,33,40H,17-26H2,1H3,(H2,36,37,39)/t27-,28-,33-/m0/s1. The molecule has 5 nitrogen and oxygen atoms in total. The highest BCUT2D eigenvalue weighted by Crippen LogP contribution is 2.33. The monoisotopic (exact) mass is 539 g/mol. The molecule has 2 amide bonds. The third-order valence-corrected chi connectivity index (χ3v) is 9.30. The molecule has 1 aliphatic carbocycles. The molecule has 5 rings (SSSR count). The molecule has 40 heavy (non-hydrogen) atoms. The zero-order valence-corrected chi connectivity index (χ0v) is 23.8. The molecule has 0 spiro atoms. The van der Waals surface area contributed by atoms with E-state index in [2.05, 4.69) is 45.9 Å². The van der Waals surface area contributed by atoms with Gasteiger partial charge in [0.1, 0.15) is 5.60 Å². The molecule has 1 saturated carbocycles. The van der Waals surface area contributed by atoms with Crippen molar-refractivity contribution in [3.05, 3.63) is 108 Å². The van der Waals surface area contributed by atoms with Crippen LogP contribution >= 0.6 is 0 Å². The summed E-state index contributed by atoms with van der Waals surface area (Å²) in [5, 5.41) is 18.2. The highest BCUT2D eigenvalue weighted by Gasteiger charge is 2.38. The number of hydrogen-bond acceptors (Lipinski definition) is 3. The first-order valence-corrected chi connectivity index (χ1v) is 15.2. The van der Waals surface area contributed by atoms with Crippen LogP contribution in [-0.2, 0) is 5.60 Å². The molecule has 1 aliphatic heterocycles. The fourth-order valence-electron chi connectivity index (χ4n) is 6.76. The summed E-state index contributed by atoms with van der Waals surface area (Å²) >= 11 is 0. The highest BCUT2D eigenvalue weighted by molar-refractivity contribution is 5.75. The van der Waals surface area contributed by atoms with Gasteiger partial charge in [-0.15, -0.1) is 0 Å². The lowest BCUT2D eigenvalue weighted by molar-refractivity contribution is 0.0470. The van der Waals surface area contributed by atoms with Crippen LogP contribution in [0.4, 0.5) is 4.79 Å². The highest BCUT2D eigenvalue weighted by atomic mass is 16.3. The van der Waals surface area contributed by atoms with Crippen molar-refractivity contribution in [2.45, 2.75) is 75.5 Å². The second-order valence-corrected chi connectivity index (χ2v) is 11.9. The Morgan fingerprint density at radius 2 is 1.35 bits per heavy atom. The van der Waals surface area contributed by atoms with Gasteiger partial charge in [0.05, 0.1) is 6.04 Å². The van der Waals surface area contributed by atoms with E-state index in [4.69, 9.17) is 0 Å². The summed E-state index contributed by atoms with van der Waals surface area (Å²) in [6.45, 7) is 5.47. The van der Waals surface area contributed by atoms with E-state index in [1.807, 2.05) is 67.6 Å². The first-order chi connectivity index (χ1) is 19.5. The van der Waals surface area contributed by atoms with Crippen molar-refractivity contribution >= 4 is 6.03 Å². The quantitative estimate of drug-likeness (QED) is 0.293. The van der Waals surface area contributed by atoms with Gasteiger partial charge in [0.2, 0.25) is 0 Å². The maximum Gasteiger partial charge on any atom is 0.315 e. The average molecular weight is 540 g/mol. The van der Waals surface area contributed by atoms with Gasteiger partial charge in [-0.25, -0.2) is 4.79 Å². The normalized spacial score (nSPS) is 21.4.